The smallest absolute Gasteiger partial charge is 0.272 e. The first-order valence-electron chi connectivity index (χ1n) is 7.44. The predicted octanol–water partition coefficient (Wildman–Crippen LogP) is 2.81. The van der Waals surface area contributed by atoms with Crippen LogP contribution >= 0.6 is 0 Å². The van der Waals surface area contributed by atoms with Crippen molar-refractivity contribution in [2.45, 2.75) is 20.4 Å². The largest absolute Gasteiger partial charge is 0.347 e. The van der Waals surface area contributed by atoms with Crippen molar-refractivity contribution >= 4 is 5.91 Å². The highest BCUT2D eigenvalue weighted by Crippen LogP contribution is 2.13. The number of hydrogen-bond acceptors (Lipinski definition) is 3. The van der Waals surface area contributed by atoms with E-state index in [-0.39, 0.29) is 5.91 Å². The van der Waals surface area contributed by atoms with Gasteiger partial charge in [-0.3, -0.25) is 9.78 Å². The SMILES string of the molecule is Cc1ccc(-n2nc(C(=O)NCc3ccncc3)cc2C)cc1. The van der Waals surface area contributed by atoms with Crippen molar-refractivity contribution in [2.75, 3.05) is 0 Å². The number of nitrogens with one attached hydrogen (secondary N) is 1. The summed E-state index contributed by atoms with van der Waals surface area (Å²) in [5, 5.41) is 7.29. The molecule has 0 aliphatic carbocycles. The first-order valence-corrected chi connectivity index (χ1v) is 7.44. The normalized spacial score (nSPS) is 10.5. The molecule has 1 amide bonds. The van der Waals surface area contributed by atoms with Gasteiger partial charge in [-0.05, 0) is 49.7 Å². The first-order chi connectivity index (χ1) is 11.1. The zero-order valence-corrected chi connectivity index (χ0v) is 13.2. The van der Waals surface area contributed by atoms with Gasteiger partial charge in [-0.2, -0.15) is 5.10 Å². The molecule has 2 aromatic heterocycles. The molecule has 1 aromatic carbocycles. The van der Waals surface area contributed by atoms with Crippen molar-refractivity contribution < 1.29 is 4.79 Å². The molecule has 1 N–H and O–H groups in total. The van der Waals surface area contributed by atoms with Crippen LogP contribution in [0, 0.1) is 13.8 Å². The molecule has 3 rings (SSSR count). The van der Waals surface area contributed by atoms with Gasteiger partial charge in [0.2, 0.25) is 0 Å². The highest BCUT2D eigenvalue weighted by atomic mass is 16.1. The van der Waals surface area contributed by atoms with Crippen LogP contribution in [0.15, 0.2) is 54.9 Å². The van der Waals surface area contributed by atoms with Crippen LogP contribution in [0.3, 0.4) is 0 Å². The van der Waals surface area contributed by atoms with Gasteiger partial charge >= 0.3 is 0 Å². The third kappa shape index (κ3) is 3.45. The Morgan fingerprint density at radius 2 is 1.78 bits per heavy atom. The number of hydrogen-bond donors (Lipinski definition) is 1. The van der Waals surface area contributed by atoms with Gasteiger partial charge < -0.3 is 5.32 Å². The number of rotatable bonds is 4. The molecular weight excluding hydrogens is 288 g/mol. The molecule has 0 saturated carbocycles. The molecule has 0 aliphatic heterocycles. The van der Waals surface area contributed by atoms with E-state index in [0.29, 0.717) is 12.2 Å². The lowest BCUT2D eigenvalue weighted by Gasteiger charge is -2.04. The van der Waals surface area contributed by atoms with Crippen LogP contribution in [0.2, 0.25) is 0 Å². The number of nitrogens with zero attached hydrogens (tertiary/aromatic N) is 3. The number of benzene rings is 1. The van der Waals surface area contributed by atoms with E-state index in [1.54, 1.807) is 23.1 Å². The van der Waals surface area contributed by atoms with Crippen molar-refractivity contribution in [1.82, 2.24) is 20.1 Å². The lowest BCUT2D eigenvalue weighted by molar-refractivity contribution is 0.0945. The van der Waals surface area contributed by atoms with E-state index in [2.05, 4.69) is 15.4 Å². The summed E-state index contributed by atoms with van der Waals surface area (Å²) in [6.07, 6.45) is 3.41. The van der Waals surface area contributed by atoms with E-state index < -0.39 is 0 Å². The minimum absolute atomic E-state index is 0.184. The van der Waals surface area contributed by atoms with Crippen molar-refractivity contribution in [1.29, 1.82) is 0 Å². The number of aryl methyl sites for hydroxylation is 2. The molecule has 3 aromatic rings. The average Bonchev–Trinajstić information content (AvgIpc) is 2.96. The number of aromatic nitrogens is 3. The van der Waals surface area contributed by atoms with Gasteiger partial charge in [0.25, 0.3) is 5.91 Å². The summed E-state index contributed by atoms with van der Waals surface area (Å²) in [6, 6.07) is 13.6. The average molecular weight is 306 g/mol. The second-order valence-electron chi connectivity index (χ2n) is 5.46. The van der Waals surface area contributed by atoms with Crippen LogP contribution in [-0.4, -0.2) is 20.7 Å². The summed E-state index contributed by atoms with van der Waals surface area (Å²) in [6.45, 7) is 4.43. The Morgan fingerprint density at radius 1 is 1.09 bits per heavy atom. The molecule has 23 heavy (non-hydrogen) atoms. The maximum atomic E-state index is 12.3. The zero-order valence-electron chi connectivity index (χ0n) is 13.2. The Morgan fingerprint density at radius 3 is 2.48 bits per heavy atom. The number of amides is 1. The van der Waals surface area contributed by atoms with Crippen LogP contribution in [0.5, 0.6) is 0 Å². The summed E-state index contributed by atoms with van der Waals surface area (Å²) < 4.78 is 1.78. The number of carbonyl (C=O) groups is 1. The molecule has 0 bridgehead atoms. The van der Waals surface area contributed by atoms with E-state index in [4.69, 9.17) is 0 Å². The summed E-state index contributed by atoms with van der Waals surface area (Å²) in [5.74, 6) is -0.184. The number of carbonyl (C=O) groups excluding carboxylic acids is 1. The second-order valence-corrected chi connectivity index (χ2v) is 5.46. The van der Waals surface area contributed by atoms with Crippen LogP contribution < -0.4 is 5.32 Å². The fraction of sp³-hybridized carbons (Fsp3) is 0.167. The molecule has 0 radical (unpaired) electrons. The molecule has 0 spiro atoms. The monoisotopic (exact) mass is 306 g/mol. The lowest BCUT2D eigenvalue weighted by atomic mass is 10.2. The molecule has 0 aliphatic rings. The maximum Gasteiger partial charge on any atom is 0.272 e. The van der Waals surface area contributed by atoms with Crippen LogP contribution in [0.1, 0.15) is 27.3 Å². The molecule has 0 atom stereocenters. The minimum atomic E-state index is -0.184. The van der Waals surface area contributed by atoms with Crippen LogP contribution in [0.4, 0.5) is 0 Å². The van der Waals surface area contributed by atoms with E-state index in [0.717, 1.165) is 16.9 Å². The molecule has 5 nitrogen and oxygen atoms in total. The van der Waals surface area contributed by atoms with Crippen LogP contribution in [-0.2, 0) is 6.54 Å². The third-order valence-corrected chi connectivity index (χ3v) is 3.60. The summed E-state index contributed by atoms with van der Waals surface area (Å²) >= 11 is 0. The van der Waals surface area contributed by atoms with Gasteiger partial charge in [0.1, 0.15) is 0 Å². The molecule has 2 heterocycles. The molecule has 116 valence electrons. The highest BCUT2D eigenvalue weighted by Gasteiger charge is 2.13. The summed E-state index contributed by atoms with van der Waals surface area (Å²) in [5.41, 5.74) is 4.47. The quantitative estimate of drug-likeness (QED) is 0.806. The van der Waals surface area contributed by atoms with Crippen molar-refractivity contribution in [3.05, 3.63) is 77.4 Å². The van der Waals surface area contributed by atoms with Crippen LogP contribution in [0.25, 0.3) is 5.69 Å². The Bertz CT molecular complexity index is 807. The standard InChI is InChI=1S/C18H18N4O/c1-13-3-5-16(6-4-13)22-14(2)11-17(21-22)18(23)20-12-15-7-9-19-10-8-15/h3-11H,12H2,1-2H3,(H,20,23). The van der Waals surface area contributed by atoms with E-state index in [9.17, 15) is 4.79 Å². The zero-order chi connectivity index (χ0) is 16.2. The predicted molar refractivity (Wildman–Crippen MR) is 88.4 cm³/mol. The van der Waals surface area contributed by atoms with E-state index in [1.807, 2.05) is 50.2 Å². The van der Waals surface area contributed by atoms with Gasteiger partial charge in [0.05, 0.1) is 5.69 Å². The Kier molecular flexibility index (Phi) is 4.19. The Labute approximate surface area is 135 Å². The fourth-order valence-electron chi connectivity index (χ4n) is 2.31. The van der Waals surface area contributed by atoms with Gasteiger partial charge in [-0.15, -0.1) is 0 Å². The van der Waals surface area contributed by atoms with Crippen molar-refractivity contribution in [3.63, 3.8) is 0 Å². The number of pyridine rings is 1. The maximum absolute atomic E-state index is 12.3. The second kappa shape index (κ2) is 6.44. The molecule has 5 heteroatoms. The lowest BCUT2D eigenvalue weighted by Crippen LogP contribution is -2.23. The summed E-state index contributed by atoms with van der Waals surface area (Å²) in [7, 11) is 0. The highest BCUT2D eigenvalue weighted by molar-refractivity contribution is 5.92. The van der Waals surface area contributed by atoms with E-state index >= 15 is 0 Å². The van der Waals surface area contributed by atoms with Crippen molar-refractivity contribution in [2.24, 2.45) is 0 Å². The molecule has 0 fully saturated rings. The molecular formula is C18H18N4O. The van der Waals surface area contributed by atoms with Gasteiger partial charge in [-0.1, -0.05) is 17.7 Å². The molecule has 0 saturated heterocycles. The first kappa shape index (κ1) is 15.0. The van der Waals surface area contributed by atoms with Gasteiger partial charge in [0, 0.05) is 24.6 Å². The van der Waals surface area contributed by atoms with Crippen molar-refractivity contribution in [3.8, 4) is 5.69 Å². The van der Waals surface area contributed by atoms with E-state index in [1.165, 1.54) is 5.56 Å². The fourth-order valence-corrected chi connectivity index (χ4v) is 2.31. The third-order valence-electron chi connectivity index (χ3n) is 3.60. The molecule has 0 unspecified atom stereocenters. The van der Waals surface area contributed by atoms with Gasteiger partial charge in [0.15, 0.2) is 5.69 Å². The topological polar surface area (TPSA) is 59.8 Å². The minimum Gasteiger partial charge on any atom is -0.347 e. The Balaban J connectivity index is 1.75. The van der Waals surface area contributed by atoms with Gasteiger partial charge in [-0.25, -0.2) is 4.68 Å². The summed E-state index contributed by atoms with van der Waals surface area (Å²) in [4.78, 5) is 16.2. The Hall–Kier alpha value is -2.95.